The third kappa shape index (κ3) is 5.49. The van der Waals surface area contributed by atoms with Gasteiger partial charge in [0.2, 0.25) is 5.91 Å². The summed E-state index contributed by atoms with van der Waals surface area (Å²) in [5.74, 6) is -2.03. The number of methoxy groups -OCH3 is 1. The predicted octanol–water partition coefficient (Wildman–Crippen LogP) is 0.237. The Balaban J connectivity index is 2.85. The zero-order valence-corrected chi connectivity index (χ0v) is 11.5. The fraction of sp³-hybridized carbons (Fsp3) is 0.308. The molecule has 0 aliphatic heterocycles. The van der Waals surface area contributed by atoms with Gasteiger partial charge in [0.1, 0.15) is 13.1 Å². The molecular weight excluding hydrogens is 278 g/mol. The van der Waals surface area contributed by atoms with Crippen LogP contribution in [0.1, 0.15) is 5.56 Å². The lowest BCUT2D eigenvalue weighted by atomic mass is 10.2. The van der Waals surface area contributed by atoms with E-state index in [9.17, 15) is 14.4 Å². The van der Waals surface area contributed by atoms with Crippen molar-refractivity contribution in [1.29, 1.82) is 0 Å². The number of aliphatic carboxylic acids is 1. The van der Waals surface area contributed by atoms with Crippen LogP contribution in [0.25, 0.3) is 0 Å². The van der Waals surface area contributed by atoms with Gasteiger partial charge in [-0.15, -0.1) is 0 Å². The Labute approximate surface area is 121 Å². The number of rotatable bonds is 7. The lowest BCUT2D eigenvalue weighted by molar-refractivity contribution is -0.137. The predicted molar refractivity (Wildman–Crippen MR) is 74.6 cm³/mol. The standard InChI is InChI=1S/C13H17N3O5/c1-21-8-9-4-2-3-5-10(9)15-13(20)16(6-11(14)17)7-12(18)19/h2-5H,6-8H2,1H3,(H2,14,17)(H,15,20)(H,18,19). The second-order valence-corrected chi connectivity index (χ2v) is 4.24. The van der Waals surface area contributed by atoms with Crippen molar-refractivity contribution in [1.82, 2.24) is 4.90 Å². The second-order valence-electron chi connectivity index (χ2n) is 4.24. The normalized spacial score (nSPS) is 9.95. The fourth-order valence-corrected chi connectivity index (χ4v) is 1.67. The van der Waals surface area contributed by atoms with Crippen molar-refractivity contribution in [3.63, 3.8) is 0 Å². The Morgan fingerprint density at radius 1 is 1.29 bits per heavy atom. The number of carbonyl (C=O) groups is 3. The second kappa shape index (κ2) is 7.85. The summed E-state index contributed by atoms with van der Waals surface area (Å²) in [5.41, 5.74) is 6.21. The van der Waals surface area contributed by atoms with Gasteiger partial charge in [0.05, 0.1) is 6.61 Å². The quantitative estimate of drug-likeness (QED) is 0.665. The highest BCUT2D eigenvalue weighted by Crippen LogP contribution is 2.16. The Kier molecular flexibility index (Phi) is 6.15. The average molecular weight is 295 g/mol. The van der Waals surface area contributed by atoms with Gasteiger partial charge in [0.25, 0.3) is 0 Å². The molecular formula is C13H17N3O5. The van der Waals surface area contributed by atoms with Crippen molar-refractivity contribution >= 4 is 23.6 Å². The number of primary amides is 1. The van der Waals surface area contributed by atoms with Crippen molar-refractivity contribution in [3.05, 3.63) is 29.8 Å². The first-order valence-corrected chi connectivity index (χ1v) is 6.07. The Morgan fingerprint density at radius 2 is 1.95 bits per heavy atom. The molecule has 1 aromatic carbocycles. The molecule has 21 heavy (non-hydrogen) atoms. The molecule has 8 nitrogen and oxygen atoms in total. The van der Waals surface area contributed by atoms with E-state index in [4.69, 9.17) is 15.6 Å². The summed E-state index contributed by atoms with van der Waals surface area (Å²) >= 11 is 0. The first-order valence-electron chi connectivity index (χ1n) is 6.07. The van der Waals surface area contributed by atoms with Crippen LogP contribution in [-0.2, 0) is 20.9 Å². The van der Waals surface area contributed by atoms with Gasteiger partial charge >= 0.3 is 12.0 Å². The number of para-hydroxylation sites is 1. The van der Waals surface area contributed by atoms with Crippen LogP contribution in [0.3, 0.4) is 0 Å². The van der Waals surface area contributed by atoms with Crippen LogP contribution < -0.4 is 11.1 Å². The molecule has 0 aliphatic rings. The number of carboxylic acid groups (broad SMARTS) is 1. The fourth-order valence-electron chi connectivity index (χ4n) is 1.67. The minimum atomic E-state index is -1.24. The number of ether oxygens (including phenoxy) is 1. The number of hydrogen-bond acceptors (Lipinski definition) is 4. The Bertz CT molecular complexity index is 516. The number of benzene rings is 1. The largest absolute Gasteiger partial charge is 0.480 e. The summed E-state index contributed by atoms with van der Waals surface area (Å²) in [6, 6.07) is 6.18. The highest BCUT2D eigenvalue weighted by molar-refractivity contribution is 5.94. The van der Waals surface area contributed by atoms with Crippen LogP contribution in [0.5, 0.6) is 0 Å². The molecule has 1 aromatic rings. The Hall–Kier alpha value is -2.61. The van der Waals surface area contributed by atoms with Gasteiger partial charge < -0.3 is 25.8 Å². The van der Waals surface area contributed by atoms with E-state index in [2.05, 4.69) is 5.32 Å². The molecule has 0 aromatic heterocycles. The average Bonchev–Trinajstić information content (AvgIpc) is 2.39. The highest BCUT2D eigenvalue weighted by atomic mass is 16.5. The molecule has 1 rings (SSSR count). The van der Waals surface area contributed by atoms with E-state index >= 15 is 0 Å². The molecule has 0 radical (unpaired) electrons. The van der Waals surface area contributed by atoms with Gasteiger partial charge in [-0.2, -0.15) is 0 Å². The maximum absolute atomic E-state index is 12.0. The number of nitrogens with two attached hydrogens (primary N) is 1. The van der Waals surface area contributed by atoms with Crippen LogP contribution in [-0.4, -0.2) is 48.1 Å². The van der Waals surface area contributed by atoms with Gasteiger partial charge in [-0.1, -0.05) is 18.2 Å². The van der Waals surface area contributed by atoms with E-state index in [1.807, 2.05) is 0 Å². The number of nitrogens with one attached hydrogen (secondary N) is 1. The SMILES string of the molecule is COCc1ccccc1NC(=O)N(CC(N)=O)CC(=O)O. The number of nitrogens with zero attached hydrogens (tertiary/aromatic N) is 1. The third-order valence-corrected chi connectivity index (χ3v) is 2.52. The number of carbonyl (C=O) groups excluding carboxylic acids is 2. The van der Waals surface area contributed by atoms with E-state index in [1.54, 1.807) is 24.3 Å². The molecule has 3 amide bonds. The van der Waals surface area contributed by atoms with Crippen molar-refractivity contribution in [2.24, 2.45) is 5.73 Å². The van der Waals surface area contributed by atoms with E-state index in [0.29, 0.717) is 5.69 Å². The van der Waals surface area contributed by atoms with E-state index in [0.717, 1.165) is 10.5 Å². The summed E-state index contributed by atoms with van der Waals surface area (Å²) in [5, 5.41) is 11.3. The van der Waals surface area contributed by atoms with E-state index in [-0.39, 0.29) is 6.61 Å². The van der Waals surface area contributed by atoms with Crippen molar-refractivity contribution in [3.8, 4) is 0 Å². The molecule has 0 aliphatic carbocycles. The number of hydrogen-bond donors (Lipinski definition) is 3. The minimum absolute atomic E-state index is 0.283. The molecule has 114 valence electrons. The van der Waals surface area contributed by atoms with Crippen LogP contribution in [0.15, 0.2) is 24.3 Å². The third-order valence-electron chi connectivity index (χ3n) is 2.52. The number of anilines is 1. The summed E-state index contributed by atoms with van der Waals surface area (Å²) in [6.45, 7) is -0.822. The first-order chi connectivity index (χ1) is 9.93. The highest BCUT2D eigenvalue weighted by Gasteiger charge is 2.19. The van der Waals surface area contributed by atoms with Gasteiger partial charge in [-0.3, -0.25) is 9.59 Å². The van der Waals surface area contributed by atoms with Gasteiger partial charge in [-0.25, -0.2) is 4.79 Å². The molecule has 4 N–H and O–H groups in total. The summed E-state index contributed by atoms with van der Waals surface area (Å²) in [6.07, 6.45) is 0. The molecule has 0 heterocycles. The van der Waals surface area contributed by atoms with Crippen LogP contribution in [0.4, 0.5) is 10.5 Å². The summed E-state index contributed by atoms with van der Waals surface area (Å²) < 4.78 is 5.01. The lowest BCUT2D eigenvalue weighted by Crippen LogP contribution is -2.43. The minimum Gasteiger partial charge on any atom is -0.480 e. The summed E-state index contributed by atoms with van der Waals surface area (Å²) in [4.78, 5) is 34.5. The number of amides is 3. The molecule has 0 unspecified atom stereocenters. The van der Waals surface area contributed by atoms with Crippen LogP contribution >= 0.6 is 0 Å². The molecule has 0 spiro atoms. The first kappa shape index (κ1) is 16.4. The molecule has 0 fully saturated rings. The van der Waals surface area contributed by atoms with Gasteiger partial charge in [0, 0.05) is 18.4 Å². The van der Waals surface area contributed by atoms with Gasteiger partial charge in [0.15, 0.2) is 0 Å². The molecule has 0 atom stereocenters. The Morgan fingerprint density at radius 3 is 2.52 bits per heavy atom. The van der Waals surface area contributed by atoms with E-state index in [1.165, 1.54) is 7.11 Å². The molecule has 0 saturated carbocycles. The van der Waals surface area contributed by atoms with E-state index < -0.39 is 31.0 Å². The zero-order chi connectivity index (χ0) is 15.8. The number of urea groups is 1. The van der Waals surface area contributed by atoms with Crippen molar-refractivity contribution in [2.75, 3.05) is 25.5 Å². The molecule has 0 bridgehead atoms. The zero-order valence-electron chi connectivity index (χ0n) is 11.5. The molecule has 0 saturated heterocycles. The smallest absolute Gasteiger partial charge is 0.323 e. The maximum Gasteiger partial charge on any atom is 0.323 e. The lowest BCUT2D eigenvalue weighted by Gasteiger charge is -2.20. The maximum atomic E-state index is 12.0. The summed E-state index contributed by atoms with van der Waals surface area (Å²) in [7, 11) is 1.52. The van der Waals surface area contributed by atoms with Crippen molar-refractivity contribution < 1.29 is 24.2 Å². The topological polar surface area (TPSA) is 122 Å². The van der Waals surface area contributed by atoms with Gasteiger partial charge in [-0.05, 0) is 6.07 Å². The number of carboxylic acids is 1. The van der Waals surface area contributed by atoms with Crippen LogP contribution in [0, 0.1) is 0 Å². The van der Waals surface area contributed by atoms with Crippen LogP contribution in [0.2, 0.25) is 0 Å². The monoisotopic (exact) mass is 295 g/mol. The van der Waals surface area contributed by atoms with Crippen molar-refractivity contribution in [2.45, 2.75) is 6.61 Å². The molecule has 8 heteroatoms.